The maximum absolute atomic E-state index is 10.0. The van der Waals surface area contributed by atoms with E-state index < -0.39 is 0 Å². The number of hydrogen-bond acceptors (Lipinski definition) is 3. The molecule has 2 fully saturated rings. The average Bonchev–Trinajstić information content (AvgIpc) is 3.11. The summed E-state index contributed by atoms with van der Waals surface area (Å²) in [7, 11) is 1.71. The van der Waals surface area contributed by atoms with E-state index in [9.17, 15) is 5.11 Å². The van der Waals surface area contributed by atoms with Crippen molar-refractivity contribution in [2.45, 2.75) is 70.4 Å². The van der Waals surface area contributed by atoms with Gasteiger partial charge in [-0.3, -0.25) is 0 Å². The first-order valence-electron chi connectivity index (χ1n) is 7.12. The molecule has 2 rings (SSSR count). The highest BCUT2D eigenvalue weighted by atomic mass is 16.8. The highest BCUT2D eigenvalue weighted by Crippen LogP contribution is 2.42. The molecule has 0 aromatic rings. The second kappa shape index (κ2) is 6.17. The molecule has 1 heterocycles. The molecular formula is C14H26O3. The maximum Gasteiger partial charge on any atom is 0.184 e. The summed E-state index contributed by atoms with van der Waals surface area (Å²) in [5.74, 6) is 1.09. The highest BCUT2D eigenvalue weighted by molar-refractivity contribution is 4.90. The Bertz CT molecular complexity index is 232. The first-order valence-corrected chi connectivity index (χ1v) is 7.12. The quantitative estimate of drug-likeness (QED) is 0.575. The van der Waals surface area contributed by atoms with Crippen molar-refractivity contribution < 1.29 is 14.6 Å². The van der Waals surface area contributed by atoms with Gasteiger partial charge in [0, 0.05) is 7.11 Å². The molecule has 3 nitrogen and oxygen atoms in total. The number of epoxide rings is 1. The number of ether oxygens (including phenoxy) is 2. The van der Waals surface area contributed by atoms with Crippen LogP contribution in [0.5, 0.6) is 0 Å². The van der Waals surface area contributed by atoms with Gasteiger partial charge < -0.3 is 14.6 Å². The van der Waals surface area contributed by atoms with Gasteiger partial charge in [0.05, 0.1) is 6.10 Å². The van der Waals surface area contributed by atoms with E-state index in [1.807, 2.05) is 0 Å². The van der Waals surface area contributed by atoms with E-state index in [2.05, 4.69) is 6.92 Å². The van der Waals surface area contributed by atoms with Gasteiger partial charge in [-0.1, -0.05) is 26.2 Å². The molecule has 0 aromatic carbocycles. The summed E-state index contributed by atoms with van der Waals surface area (Å²) >= 11 is 0. The van der Waals surface area contributed by atoms with Gasteiger partial charge in [-0.05, 0) is 37.5 Å². The molecular weight excluding hydrogens is 216 g/mol. The van der Waals surface area contributed by atoms with Crippen LogP contribution in [-0.4, -0.2) is 30.7 Å². The van der Waals surface area contributed by atoms with Crippen molar-refractivity contribution in [1.29, 1.82) is 0 Å². The summed E-state index contributed by atoms with van der Waals surface area (Å²) in [4.78, 5) is 0. The zero-order chi connectivity index (χ0) is 12.3. The van der Waals surface area contributed by atoms with E-state index >= 15 is 0 Å². The molecule has 5 atom stereocenters. The topological polar surface area (TPSA) is 42.0 Å². The van der Waals surface area contributed by atoms with Crippen molar-refractivity contribution in [3.63, 3.8) is 0 Å². The second-order valence-corrected chi connectivity index (χ2v) is 5.60. The number of aliphatic hydroxyl groups is 1. The molecule has 5 unspecified atom stereocenters. The Labute approximate surface area is 104 Å². The molecule has 100 valence electrons. The lowest BCUT2D eigenvalue weighted by Gasteiger charge is -2.32. The van der Waals surface area contributed by atoms with E-state index in [1.54, 1.807) is 7.11 Å². The van der Waals surface area contributed by atoms with Crippen molar-refractivity contribution in [2.24, 2.45) is 11.8 Å². The summed E-state index contributed by atoms with van der Waals surface area (Å²) in [6.07, 6.45) is 8.39. The van der Waals surface area contributed by atoms with Gasteiger partial charge >= 0.3 is 0 Å². The first kappa shape index (κ1) is 13.3. The predicted octanol–water partition coefficient (Wildman–Crippen LogP) is 2.72. The summed E-state index contributed by atoms with van der Waals surface area (Å²) < 4.78 is 10.7. The zero-order valence-corrected chi connectivity index (χ0v) is 11.1. The Morgan fingerprint density at radius 1 is 1.29 bits per heavy atom. The fraction of sp³-hybridized carbons (Fsp3) is 1.00. The molecule has 0 spiro atoms. The van der Waals surface area contributed by atoms with Gasteiger partial charge in [-0.15, -0.1) is 0 Å². The molecule has 1 saturated carbocycles. The number of unbranched alkanes of at least 4 members (excludes halogenated alkanes) is 2. The summed E-state index contributed by atoms with van der Waals surface area (Å²) in [5.41, 5.74) is 0. The van der Waals surface area contributed by atoms with Crippen molar-refractivity contribution >= 4 is 0 Å². The lowest BCUT2D eigenvalue weighted by molar-refractivity contribution is 0.0361. The molecule has 0 bridgehead atoms. The molecule has 1 saturated heterocycles. The zero-order valence-electron chi connectivity index (χ0n) is 11.1. The van der Waals surface area contributed by atoms with Crippen LogP contribution in [0.1, 0.15) is 51.9 Å². The number of hydrogen-bond donors (Lipinski definition) is 1. The van der Waals surface area contributed by atoms with E-state index in [0.717, 1.165) is 19.3 Å². The summed E-state index contributed by atoms with van der Waals surface area (Å²) in [5, 5.41) is 10.0. The second-order valence-electron chi connectivity index (χ2n) is 5.60. The lowest BCUT2D eigenvalue weighted by atomic mass is 9.76. The summed E-state index contributed by atoms with van der Waals surface area (Å²) in [6, 6.07) is 0. The van der Waals surface area contributed by atoms with Crippen LogP contribution < -0.4 is 0 Å². The van der Waals surface area contributed by atoms with Crippen LogP contribution in [0.15, 0.2) is 0 Å². The van der Waals surface area contributed by atoms with Gasteiger partial charge in [-0.25, -0.2) is 0 Å². The van der Waals surface area contributed by atoms with Crippen LogP contribution in [0, 0.1) is 11.8 Å². The molecule has 0 aromatic heterocycles. The van der Waals surface area contributed by atoms with Crippen LogP contribution in [0.25, 0.3) is 0 Å². The minimum atomic E-state index is -0.0807. The van der Waals surface area contributed by atoms with Crippen LogP contribution in [0.2, 0.25) is 0 Å². The molecule has 1 N–H and O–H groups in total. The Hall–Kier alpha value is -0.120. The standard InChI is InChI=1S/C14H26O3/c1-3-4-5-6-10-9-11(7-8-12(10)15)13-14(16-2)17-13/h10-15H,3-9H2,1-2H3. The molecule has 2 aliphatic rings. The minimum Gasteiger partial charge on any atom is -0.393 e. The largest absolute Gasteiger partial charge is 0.393 e. The van der Waals surface area contributed by atoms with Crippen molar-refractivity contribution in [1.82, 2.24) is 0 Å². The SMILES string of the molecule is CCCCCC1CC(C2OC2OC)CCC1O. The Morgan fingerprint density at radius 2 is 2.12 bits per heavy atom. The van der Waals surface area contributed by atoms with Gasteiger partial charge in [0.15, 0.2) is 6.29 Å². The van der Waals surface area contributed by atoms with Gasteiger partial charge in [0.2, 0.25) is 0 Å². The third kappa shape index (κ3) is 3.43. The third-order valence-electron chi connectivity index (χ3n) is 4.34. The van der Waals surface area contributed by atoms with Crippen LogP contribution in [-0.2, 0) is 9.47 Å². The molecule has 3 heteroatoms. The number of methoxy groups -OCH3 is 1. The minimum absolute atomic E-state index is 0.0338. The molecule has 1 aliphatic heterocycles. The van der Waals surface area contributed by atoms with Crippen molar-refractivity contribution in [3.8, 4) is 0 Å². The number of rotatable bonds is 6. The van der Waals surface area contributed by atoms with E-state index in [4.69, 9.17) is 9.47 Å². The average molecular weight is 242 g/mol. The van der Waals surface area contributed by atoms with Crippen molar-refractivity contribution in [3.05, 3.63) is 0 Å². The monoisotopic (exact) mass is 242 g/mol. The number of aliphatic hydroxyl groups excluding tert-OH is 1. The van der Waals surface area contributed by atoms with E-state index in [-0.39, 0.29) is 12.4 Å². The van der Waals surface area contributed by atoms with Crippen LogP contribution in [0.3, 0.4) is 0 Å². The van der Waals surface area contributed by atoms with Crippen molar-refractivity contribution in [2.75, 3.05) is 7.11 Å². The fourth-order valence-electron chi connectivity index (χ4n) is 3.18. The lowest BCUT2D eigenvalue weighted by Crippen LogP contribution is -2.31. The third-order valence-corrected chi connectivity index (χ3v) is 4.34. The first-order chi connectivity index (χ1) is 8.26. The normalized spacial score (nSPS) is 41.5. The Morgan fingerprint density at radius 3 is 2.76 bits per heavy atom. The Kier molecular flexibility index (Phi) is 4.83. The fourth-order valence-corrected chi connectivity index (χ4v) is 3.18. The molecule has 0 radical (unpaired) electrons. The maximum atomic E-state index is 10.0. The van der Waals surface area contributed by atoms with Crippen LogP contribution >= 0.6 is 0 Å². The van der Waals surface area contributed by atoms with E-state index in [1.165, 1.54) is 25.7 Å². The van der Waals surface area contributed by atoms with Gasteiger partial charge in [0.1, 0.15) is 6.10 Å². The molecule has 17 heavy (non-hydrogen) atoms. The molecule has 0 amide bonds. The van der Waals surface area contributed by atoms with Gasteiger partial charge in [-0.2, -0.15) is 0 Å². The molecule has 1 aliphatic carbocycles. The Balaban J connectivity index is 1.76. The van der Waals surface area contributed by atoms with Crippen LogP contribution in [0.4, 0.5) is 0 Å². The predicted molar refractivity (Wildman–Crippen MR) is 66.6 cm³/mol. The van der Waals surface area contributed by atoms with Gasteiger partial charge in [0.25, 0.3) is 0 Å². The highest BCUT2D eigenvalue weighted by Gasteiger charge is 2.47. The smallest absolute Gasteiger partial charge is 0.184 e. The van der Waals surface area contributed by atoms with E-state index in [0.29, 0.717) is 17.9 Å². The summed E-state index contributed by atoms with van der Waals surface area (Å²) in [6.45, 7) is 2.22.